The van der Waals surface area contributed by atoms with Gasteiger partial charge in [-0.2, -0.15) is 5.26 Å². The van der Waals surface area contributed by atoms with Crippen molar-refractivity contribution < 1.29 is 24.5 Å². The first-order valence-electron chi connectivity index (χ1n) is 9.35. The van der Waals surface area contributed by atoms with Gasteiger partial charge >= 0.3 is 0 Å². The molecule has 30 heavy (non-hydrogen) atoms. The molecule has 1 amide bonds. The molecule has 0 bridgehead atoms. The summed E-state index contributed by atoms with van der Waals surface area (Å²) in [6.45, 7) is -0.307. The number of hydrogen-bond donors (Lipinski definition) is 4. The number of amides is 1. The van der Waals surface area contributed by atoms with Crippen molar-refractivity contribution in [2.75, 3.05) is 13.2 Å². The van der Waals surface area contributed by atoms with E-state index in [1.807, 2.05) is 12.1 Å². The Bertz CT molecular complexity index is 1070. The van der Waals surface area contributed by atoms with E-state index in [2.05, 4.69) is 10.3 Å². The van der Waals surface area contributed by atoms with Crippen LogP contribution in [-0.2, 0) is 4.79 Å². The average Bonchev–Trinajstić information content (AvgIpc) is 3.21. The van der Waals surface area contributed by atoms with Gasteiger partial charge in [-0.1, -0.05) is 30.3 Å². The summed E-state index contributed by atoms with van der Waals surface area (Å²) in [4.78, 5) is 27.9. The zero-order valence-corrected chi connectivity index (χ0v) is 16.0. The quantitative estimate of drug-likeness (QED) is 0.243. The zero-order chi connectivity index (χ0) is 21.5. The summed E-state index contributed by atoms with van der Waals surface area (Å²) in [6, 6.07) is 14.4. The minimum Gasteiger partial charge on any atom is -0.493 e. The van der Waals surface area contributed by atoms with Gasteiger partial charge in [0.1, 0.15) is 18.5 Å². The highest BCUT2D eigenvalue weighted by atomic mass is 16.5. The Kier molecular flexibility index (Phi) is 6.80. The van der Waals surface area contributed by atoms with E-state index in [9.17, 15) is 19.8 Å². The topological polar surface area (TPSA) is 135 Å². The third-order valence-corrected chi connectivity index (χ3v) is 4.64. The summed E-state index contributed by atoms with van der Waals surface area (Å²) < 4.78 is 5.37. The number of aromatic amines is 1. The van der Waals surface area contributed by atoms with Gasteiger partial charge in [0, 0.05) is 17.1 Å². The van der Waals surface area contributed by atoms with Crippen molar-refractivity contribution in [2.45, 2.75) is 18.6 Å². The molecule has 0 saturated heterocycles. The Balaban J connectivity index is 1.67. The number of ether oxygens (including phenoxy) is 1. The molecular weight excluding hydrogens is 386 g/mol. The number of para-hydroxylation sites is 1. The fourth-order valence-electron chi connectivity index (χ4n) is 3.05. The van der Waals surface area contributed by atoms with Gasteiger partial charge in [-0.15, -0.1) is 0 Å². The lowest BCUT2D eigenvalue weighted by molar-refractivity contribution is -0.119. The minimum absolute atomic E-state index is 0.216. The number of Topliss-reactive ketones (excluding diaryl/α,β-unsaturated/α-hetero) is 1. The maximum absolute atomic E-state index is 12.6. The van der Waals surface area contributed by atoms with Gasteiger partial charge in [0.2, 0.25) is 0 Å². The zero-order valence-electron chi connectivity index (χ0n) is 16.0. The summed E-state index contributed by atoms with van der Waals surface area (Å²) in [5.41, 5.74) is 1.37. The normalized spacial score (nSPS) is 12.7. The maximum Gasteiger partial charge on any atom is 0.292 e. The first-order chi connectivity index (χ1) is 14.5. The number of H-pyrrole nitrogens is 1. The number of aliphatic hydroxyl groups is 2. The van der Waals surface area contributed by atoms with E-state index in [1.165, 1.54) is 6.20 Å². The predicted octanol–water partition coefficient (Wildman–Crippen LogP) is 1.85. The van der Waals surface area contributed by atoms with Crippen LogP contribution < -0.4 is 10.1 Å². The second-order valence-electron chi connectivity index (χ2n) is 6.61. The van der Waals surface area contributed by atoms with Gasteiger partial charge in [0.15, 0.2) is 0 Å². The maximum atomic E-state index is 12.6. The van der Waals surface area contributed by atoms with Crippen LogP contribution in [0.4, 0.5) is 0 Å². The van der Waals surface area contributed by atoms with Crippen molar-refractivity contribution in [3.63, 3.8) is 0 Å². The number of carbonyl (C=O) groups excluding carboxylic acids is 2. The van der Waals surface area contributed by atoms with E-state index in [0.717, 1.165) is 5.52 Å². The summed E-state index contributed by atoms with van der Waals surface area (Å²) in [6.07, 6.45) is 0.484. The Morgan fingerprint density at radius 2 is 1.90 bits per heavy atom. The Hall–Kier alpha value is -3.67. The fraction of sp³-hybridized carbons (Fsp3) is 0.227. The highest BCUT2D eigenvalue weighted by Crippen LogP contribution is 2.22. The summed E-state index contributed by atoms with van der Waals surface area (Å²) in [7, 11) is 0. The van der Waals surface area contributed by atoms with Crippen molar-refractivity contribution in [3.8, 4) is 11.8 Å². The van der Waals surface area contributed by atoms with Crippen LogP contribution in [0.25, 0.3) is 10.9 Å². The summed E-state index contributed by atoms with van der Waals surface area (Å²) >= 11 is 0. The molecule has 0 fully saturated rings. The molecule has 1 heterocycles. The van der Waals surface area contributed by atoms with Gasteiger partial charge in [-0.05, 0) is 23.8 Å². The van der Waals surface area contributed by atoms with Crippen LogP contribution in [0.1, 0.15) is 28.4 Å². The molecule has 154 valence electrons. The van der Waals surface area contributed by atoms with Crippen LogP contribution >= 0.6 is 0 Å². The Morgan fingerprint density at radius 1 is 1.17 bits per heavy atom. The van der Waals surface area contributed by atoms with E-state index in [4.69, 9.17) is 10.00 Å². The molecule has 2 aromatic carbocycles. The third-order valence-electron chi connectivity index (χ3n) is 4.64. The summed E-state index contributed by atoms with van der Waals surface area (Å²) in [5, 5.41) is 31.7. The van der Waals surface area contributed by atoms with E-state index in [1.54, 1.807) is 42.5 Å². The van der Waals surface area contributed by atoms with Crippen molar-refractivity contribution in [1.82, 2.24) is 10.3 Å². The van der Waals surface area contributed by atoms with Crippen LogP contribution in [0.5, 0.6) is 5.75 Å². The fourth-order valence-corrected chi connectivity index (χ4v) is 3.05. The van der Waals surface area contributed by atoms with E-state index in [0.29, 0.717) is 16.7 Å². The molecule has 0 radical (unpaired) electrons. The first kappa shape index (κ1) is 21.0. The first-order valence-corrected chi connectivity index (χ1v) is 9.35. The lowest BCUT2D eigenvalue weighted by Gasteiger charge is -2.22. The number of nitriles is 1. The standard InChI is InChI=1S/C22H21N3O5/c23-10-3-11-30-15-8-6-14(7-9-15)20(27)19(13-26)25-22(29)21(28)17-12-24-18-5-2-1-4-16(17)18/h1-2,4-9,12,19-20,24,26-27H,3,11,13H2,(H,25,29)/t19-,20-/m1/s1. The second-order valence-corrected chi connectivity index (χ2v) is 6.61. The lowest BCUT2D eigenvalue weighted by Crippen LogP contribution is -2.44. The smallest absolute Gasteiger partial charge is 0.292 e. The summed E-state index contributed by atoms with van der Waals surface area (Å²) in [5.74, 6) is -1.16. The number of fused-ring (bicyclic) bond motifs is 1. The number of ketones is 1. The van der Waals surface area contributed by atoms with Crippen LogP contribution in [0.3, 0.4) is 0 Å². The van der Waals surface area contributed by atoms with E-state index >= 15 is 0 Å². The highest BCUT2D eigenvalue weighted by molar-refractivity contribution is 6.45. The van der Waals surface area contributed by atoms with Gasteiger partial charge in [0.25, 0.3) is 11.7 Å². The number of nitrogens with one attached hydrogen (secondary N) is 2. The molecule has 3 rings (SSSR count). The molecule has 8 nitrogen and oxygen atoms in total. The molecule has 3 aromatic rings. The minimum atomic E-state index is -1.23. The van der Waals surface area contributed by atoms with Crippen LogP contribution in [-0.4, -0.2) is 46.1 Å². The number of hydrogen-bond acceptors (Lipinski definition) is 6. The van der Waals surface area contributed by atoms with Crippen molar-refractivity contribution >= 4 is 22.6 Å². The number of benzene rings is 2. The molecule has 0 aliphatic rings. The SMILES string of the molecule is N#CCCOc1ccc([C@@H](O)[C@@H](CO)NC(=O)C(=O)c2c[nH]c3ccccc23)cc1. The number of aromatic nitrogens is 1. The van der Waals surface area contributed by atoms with Crippen molar-refractivity contribution in [2.24, 2.45) is 0 Å². The molecule has 0 saturated carbocycles. The molecule has 0 unspecified atom stereocenters. The van der Waals surface area contributed by atoms with E-state index in [-0.39, 0.29) is 18.6 Å². The van der Waals surface area contributed by atoms with Crippen molar-refractivity contribution in [3.05, 3.63) is 65.9 Å². The molecule has 8 heteroatoms. The molecule has 0 aliphatic heterocycles. The van der Waals surface area contributed by atoms with Crippen LogP contribution in [0, 0.1) is 11.3 Å². The number of nitrogens with zero attached hydrogens (tertiary/aromatic N) is 1. The van der Waals surface area contributed by atoms with E-state index < -0.39 is 30.4 Å². The largest absolute Gasteiger partial charge is 0.493 e. The Labute approximate surface area is 172 Å². The molecule has 2 atom stereocenters. The highest BCUT2D eigenvalue weighted by Gasteiger charge is 2.27. The second kappa shape index (κ2) is 9.69. The van der Waals surface area contributed by atoms with Gasteiger partial charge < -0.3 is 25.3 Å². The lowest BCUT2D eigenvalue weighted by atomic mass is 10.0. The molecule has 4 N–H and O–H groups in total. The average molecular weight is 407 g/mol. The molecule has 0 spiro atoms. The third kappa shape index (κ3) is 4.66. The van der Waals surface area contributed by atoms with Crippen LogP contribution in [0.2, 0.25) is 0 Å². The number of aliphatic hydroxyl groups excluding tert-OH is 2. The predicted molar refractivity (Wildman–Crippen MR) is 109 cm³/mol. The van der Waals surface area contributed by atoms with Gasteiger partial charge in [-0.3, -0.25) is 9.59 Å². The molecular formula is C22H21N3O5. The van der Waals surface area contributed by atoms with Gasteiger partial charge in [0.05, 0.1) is 30.7 Å². The monoisotopic (exact) mass is 407 g/mol. The molecule has 0 aliphatic carbocycles. The van der Waals surface area contributed by atoms with Crippen molar-refractivity contribution in [1.29, 1.82) is 5.26 Å². The number of carbonyl (C=O) groups is 2. The molecule has 1 aromatic heterocycles. The number of rotatable bonds is 9. The van der Waals surface area contributed by atoms with Crippen LogP contribution in [0.15, 0.2) is 54.7 Å². The Morgan fingerprint density at radius 3 is 2.60 bits per heavy atom. The van der Waals surface area contributed by atoms with Gasteiger partial charge in [-0.25, -0.2) is 0 Å².